The van der Waals surface area contributed by atoms with E-state index in [0.29, 0.717) is 30.4 Å². The second-order valence-corrected chi connectivity index (χ2v) is 9.96. The molecule has 0 heterocycles. The molecule has 0 spiro atoms. The smallest absolute Gasteiger partial charge is 0.261 e. The van der Waals surface area contributed by atoms with Crippen molar-refractivity contribution < 1.29 is 19.1 Å². The summed E-state index contributed by atoms with van der Waals surface area (Å²) in [7, 11) is 1.60. The molecule has 3 rings (SSSR count). The number of halogens is 1. The van der Waals surface area contributed by atoms with Gasteiger partial charge in [-0.1, -0.05) is 62.4 Å². The molecule has 196 valence electrons. The van der Waals surface area contributed by atoms with Gasteiger partial charge in [0.2, 0.25) is 5.91 Å². The number of rotatable bonds is 12. The van der Waals surface area contributed by atoms with Gasteiger partial charge in [-0.2, -0.15) is 0 Å². The van der Waals surface area contributed by atoms with Crippen LogP contribution in [0.25, 0.3) is 0 Å². The Hall–Kier alpha value is -3.32. The van der Waals surface area contributed by atoms with Gasteiger partial charge in [-0.05, 0) is 69.7 Å². The van der Waals surface area contributed by atoms with Crippen LogP contribution in [0.1, 0.15) is 43.4 Å². The highest BCUT2D eigenvalue weighted by molar-refractivity contribution is 9.10. The van der Waals surface area contributed by atoms with Gasteiger partial charge in [0, 0.05) is 19.5 Å². The molecule has 6 nitrogen and oxygen atoms in total. The van der Waals surface area contributed by atoms with Crippen molar-refractivity contribution in [2.24, 2.45) is 0 Å². The van der Waals surface area contributed by atoms with E-state index in [1.54, 1.807) is 12.0 Å². The summed E-state index contributed by atoms with van der Waals surface area (Å²) in [6, 6.07) is 22.4. The molecule has 0 unspecified atom stereocenters. The molecule has 0 aromatic heterocycles. The summed E-state index contributed by atoms with van der Waals surface area (Å²) >= 11 is 3.56. The van der Waals surface area contributed by atoms with Gasteiger partial charge in [0.15, 0.2) is 6.61 Å². The van der Waals surface area contributed by atoms with Crippen LogP contribution in [-0.2, 0) is 22.6 Å². The van der Waals surface area contributed by atoms with Crippen LogP contribution in [0.4, 0.5) is 0 Å². The van der Waals surface area contributed by atoms with Crippen LogP contribution in [0, 0.1) is 0 Å². The van der Waals surface area contributed by atoms with Gasteiger partial charge in [0.25, 0.3) is 5.91 Å². The molecule has 1 atom stereocenters. The predicted molar refractivity (Wildman–Crippen MR) is 150 cm³/mol. The molecule has 1 N–H and O–H groups in total. The third-order valence-corrected chi connectivity index (χ3v) is 6.70. The molecule has 0 radical (unpaired) electrons. The van der Waals surface area contributed by atoms with Crippen molar-refractivity contribution in [1.82, 2.24) is 10.2 Å². The van der Waals surface area contributed by atoms with Gasteiger partial charge in [-0.25, -0.2) is 0 Å². The fourth-order valence-corrected chi connectivity index (χ4v) is 4.54. The third kappa shape index (κ3) is 8.09. The largest absolute Gasteiger partial charge is 0.497 e. The zero-order valence-corrected chi connectivity index (χ0v) is 23.5. The Morgan fingerprint density at radius 2 is 1.70 bits per heavy atom. The van der Waals surface area contributed by atoms with Crippen molar-refractivity contribution in [2.75, 3.05) is 20.3 Å². The third-order valence-electron chi connectivity index (χ3n) is 6.08. The number of hydrogen-bond donors (Lipinski definition) is 1. The van der Waals surface area contributed by atoms with E-state index in [-0.39, 0.29) is 25.0 Å². The van der Waals surface area contributed by atoms with Crippen molar-refractivity contribution in [3.63, 3.8) is 0 Å². The van der Waals surface area contributed by atoms with Crippen LogP contribution >= 0.6 is 15.9 Å². The van der Waals surface area contributed by atoms with Gasteiger partial charge in [-0.3, -0.25) is 9.59 Å². The van der Waals surface area contributed by atoms with Crippen molar-refractivity contribution in [2.45, 2.75) is 45.7 Å². The Morgan fingerprint density at radius 3 is 2.35 bits per heavy atom. The van der Waals surface area contributed by atoms with E-state index in [1.807, 2.05) is 79.7 Å². The highest BCUT2D eigenvalue weighted by Gasteiger charge is 2.30. The zero-order chi connectivity index (χ0) is 26.8. The van der Waals surface area contributed by atoms with Crippen molar-refractivity contribution in [3.05, 3.63) is 94.0 Å². The predicted octanol–water partition coefficient (Wildman–Crippen LogP) is 5.74. The Morgan fingerprint density at radius 1 is 0.973 bits per heavy atom. The zero-order valence-electron chi connectivity index (χ0n) is 21.9. The molecule has 2 amide bonds. The first-order valence-corrected chi connectivity index (χ1v) is 13.3. The second kappa shape index (κ2) is 13.8. The number of benzene rings is 3. The summed E-state index contributed by atoms with van der Waals surface area (Å²) in [5, 5.41) is 2.90. The number of hydrogen-bond acceptors (Lipinski definition) is 4. The Labute approximate surface area is 228 Å². The highest BCUT2D eigenvalue weighted by atomic mass is 79.9. The summed E-state index contributed by atoms with van der Waals surface area (Å²) in [4.78, 5) is 28.5. The molecule has 0 aliphatic rings. The van der Waals surface area contributed by atoms with E-state index in [2.05, 4.69) is 35.1 Å². The first-order chi connectivity index (χ1) is 17.8. The van der Waals surface area contributed by atoms with Crippen molar-refractivity contribution in [3.8, 4) is 11.5 Å². The van der Waals surface area contributed by atoms with Crippen LogP contribution in [-0.4, -0.2) is 43.0 Å². The van der Waals surface area contributed by atoms with Gasteiger partial charge < -0.3 is 19.7 Å². The second-order valence-electron chi connectivity index (χ2n) is 9.11. The van der Waals surface area contributed by atoms with Crippen LogP contribution < -0.4 is 14.8 Å². The van der Waals surface area contributed by atoms with Gasteiger partial charge in [-0.15, -0.1) is 0 Å². The van der Waals surface area contributed by atoms with Crippen molar-refractivity contribution in [1.29, 1.82) is 0 Å². The minimum atomic E-state index is -0.712. The molecule has 0 fully saturated rings. The topological polar surface area (TPSA) is 67.9 Å². The molecule has 0 bridgehead atoms. The highest BCUT2D eigenvalue weighted by Crippen LogP contribution is 2.29. The molecule has 0 saturated heterocycles. The SMILES string of the molecule is CCNC(=O)[C@H](Cc1ccccc1)N(Cc1cccc(OC)c1)C(=O)COc1ccc(C(C)C)cc1Br. The lowest BCUT2D eigenvalue weighted by Gasteiger charge is -2.31. The first-order valence-electron chi connectivity index (χ1n) is 12.5. The average molecular weight is 568 g/mol. The number of nitrogens with one attached hydrogen (secondary N) is 1. The number of carbonyl (C=O) groups excluding carboxylic acids is 2. The lowest BCUT2D eigenvalue weighted by Crippen LogP contribution is -2.51. The molecular formula is C30H35BrN2O4. The maximum absolute atomic E-state index is 13.7. The number of methoxy groups -OCH3 is 1. The molecule has 0 saturated carbocycles. The fraction of sp³-hybridized carbons (Fsp3) is 0.333. The van der Waals surface area contributed by atoms with Crippen LogP contribution in [0.2, 0.25) is 0 Å². The molecule has 3 aromatic carbocycles. The number of carbonyl (C=O) groups is 2. The van der Waals surface area contributed by atoms with E-state index in [1.165, 1.54) is 5.56 Å². The lowest BCUT2D eigenvalue weighted by atomic mass is 10.0. The van der Waals surface area contributed by atoms with E-state index in [4.69, 9.17) is 9.47 Å². The minimum absolute atomic E-state index is 0.200. The number of amides is 2. The molecule has 0 aliphatic heterocycles. The quantitative estimate of drug-likeness (QED) is 0.303. The average Bonchev–Trinajstić information content (AvgIpc) is 2.90. The number of likely N-dealkylation sites (N-methyl/N-ethyl adjacent to an activating group) is 1. The first kappa shape index (κ1) is 28.3. The van der Waals surface area contributed by atoms with Gasteiger partial charge in [0.1, 0.15) is 17.5 Å². The van der Waals surface area contributed by atoms with Crippen LogP contribution in [0.15, 0.2) is 77.3 Å². The number of nitrogens with zero attached hydrogens (tertiary/aromatic N) is 1. The normalized spacial score (nSPS) is 11.6. The molecule has 37 heavy (non-hydrogen) atoms. The van der Waals surface area contributed by atoms with Crippen LogP contribution in [0.5, 0.6) is 11.5 Å². The standard InChI is InChI=1S/C30H35BrN2O4/c1-5-32-30(35)27(17-22-10-7-6-8-11-22)33(19-23-12-9-13-25(16-23)36-4)29(34)20-37-28-15-14-24(21(2)3)18-26(28)31/h6-16,18,21,27H,5,17,19-20H2,1-4H3,(H,32,35)/t27-/m0/s1. The minimum Gasteiger partial charge on any atom is -0.497 e. The van der Waals surface area contributed by atoms with E-state index < -0.39 is 6.04 Å². The van der Waals surface area contributed by atoms with Crippen LogP contribution in [0.3, 0.4) is 0 Å². The summed E-state index contributed by atoms with van der Waals surface area (Å²) < 4.78 is 12.1. The molecule has 7 heteroatoms. The Kier molecular flexibility index (Phi) is 10.6. The van der Waals surface area contributed by atoms with Gasteiger partial charge >= 0.3 is 0 Å². The van der Waals surface area contributed by atoms with E-state index in [0.717, 1.165) is 15.6 Å². The number of ether oxygens (including phenoxy) is 2. The Bertz CT molecular complexity index is 1180. The molecule has 3 aromatic rings. The summed E-state index contributed by atoms with van der Waals surface area (Å²) in [6.45, 7) is 6.62. The summed E-state index contributed by atoms with van der Waals surface area (Å²) in [6.07, 6.45) is 0.384. The van der Waals surface area contributed by atoms with E-state index >= 15 is 0 Å². The fourth-order valence-electron chi connectivity index (χ4n) is 4.03. The van der Waals surface area contributed by atoms with Gasteiger partial charge in [0.05, 0.1) is 11.6 Å². The molecule has 0 aliphatic carbocycles. The lowest BCUT2D eigenvalue weighted by molar-refractivity contribution is -0.142. The Balaban J connectivity index is 1.90. The maximum Gasteiger partial charge on any atom is 0.261 e. The summed E-state index contributed by atoms with van der Waals surface area (Å²) in [5.74, 6) is 1.16. The maximum atomic E-state index is 13.7. The summed E-state index contributed by atoms with van der Waals surface area (Å²) in [5.41, 5.74) is 3.00. The van der Waals surface area contributed by atoms with Crippen molar-refractivity contribution >= 4 is 27.7 Å². The molecular weight excluding hydrogens is 532 g/mol. The van der Waals surface area contributed by atoms with E-state index in [9.17, 15) is 9.59 Å². The monoisotopic (exact) mass is 566 g/mol.